The minimum absolute atomic E-state index is 0.0673. The summed E-state index contributed by atoms with van der Waals surface area (Å²) in [6, 6.07) is 9.63. The summed E-state index contributed by atoms with van der Waals surface area (Å²) in [6.45, 7) is 4.91. The number of pyridine rings is 1. The van der Waals surface area contributed by atoms with E-state index in [1.54, 1.807) is 0 Å². The Bertz CT molecular complexity index is 1050. The number of halogens is 1. The van der Waals surface area contributed by atoms with Crippen molar-refractivity contribution < 1.29 is 14.0 Å². The molecule has 3 aliphatic rings. The SMILES string of the molecule is Cc1ccc(C(=O)N2CCC3CCCCC3C2)c(C2CCN(C(=O)c3ccc(F)cc3)CC2)n1. The summed E-state index contributed by atoms with van der Waals surface area (Å²) in [5.41, 5.74) is 3.06. The molecule has 2 unspecified atom stereocenters. The largest absolute Gasteiger partial charge is 0.339 e. The highest BCUT2D eigenvalue weighted by molar-refractivity contribution is 5.96. The summed E-state index contributed by atoms with van der Waals surface area (Å²) in [4.78, 5) is 35.2. The average Bonchev–Trinajstić information content (AvgIpc) is 2.88. The Hall–Kier alpha value is -2.76. The smallest absolute Gasteiger partial charge is 0.255 e. The molecule has 5 rings (SSSR count). The van der Waals surface area contributed by atoms with E-state index < -0.39 is 0 Å². The van der Waals surface area contributed by atoms with Gasteiger partial charge in [-0.3, -0.25) is 14.6 Å². The third-order valence-electron chi connectivity index (χ3n) is 8.13. The molecule has 0 radical (unpaired) electrons. The van der Waals surface area contributed by atoms with Crippen molar-refractivity contribution in [2.75, 3.05) is 26.2 Å². The Morgan fingerprint density at radius 3 is 2.24 bits per heavy atom. The molecule has 1 aromatic carbocycles. The van der Waals surface area contributed by atoms with Gasteiger partial charge in [-0.2, -0.15) is 0 Å². The molecule has 2 saturated heterocycles. The Labute approximate surface area is 201 Å². The summed E-state index contributed by atoms with van der Waals surface area (Å²) in [5.74, 6) is 1.30. The molecular formula is C28H34FN3O2. The van der Waals surface area contributed by atoms with Crippen molar-refractivity contribution >= 4 is 11.8 Å². The number of fused-ring (bicyclic) bond motifs is 1. The first kappa shape index (κ1) is 23.0. The number of carbonyl (C=O) groups is 2. The molecule has 2 aromatic rings. The third kappa shape index (κ3) is 4.73. The summed E-state index contributed by atoms with van der Waals surface area (Å²) in [5, 5.41) is 0. The average molecular weight is 464 g/mol. The highest BCUT2D eigenvalue weighted by Gasteiger charge is 2.35. The van der Waals surface area contributed by atoms with Crippen LogP contribution in [-0.2, 0) is 0 Å². The maximum atomic E-state index is 13.6. The van der Waals surface area contributed by atoms with E-state index in [2.05, 4.69) is 4.90 Å². The van der Waals surface area contributed by atoms with E-state index in [9.17, 15) is 14.0 Å². The molecule has 1 saturated carbocycles. The first-order valence-corrected chi connectivity index (χ1v) is 12.8. The number of hydrogen-bond acceptors (Lipinski definition) is 3. The lowest BCUT2D eigenvalue weighted by Crippen LogP contribution is -2.45. The van der Waals surface area contributed by atoms with Crippen LogP contribution in [0.1, 0.15) is 83.0 Å². The van der Waals surface area contributed by atoms with Gasteiger partial charge in [0.2, 0.25) is 0 Å². The van der Waals surface area contributed by atoms with E-state index in [-0.39, 0.29) is 23.5 Å². The van der Waals surface area contributed by atoms with Gasteiger partial charge in [0.05, 0.1) is 11.3 Å². The van der Waals surface area contributed by atoms with E-state index in [1.807, 2.05) is 24.0 Å². The van der Waals surface area contributed by atoms with Gasteiger partial charge in [-0.05, 0) is 80.8 Å². The van der Waals surface area contributed by atoms with E-state index in [0.29, 0.717) is 24.6 Å². The van der Waals surface area contributed by atoms with Gasteiger partial charge in [0.15, 0.2) is 0 Å². The minimum atomic E-state index is -0.342. The highest BCUT2D eigenvalue weighted by Crippen LogP contribution is 2.37. The molecule has 2 aliphatic heterocycles. The van der Waals surface area contributed by atoms with Crippen molar-refractivity contribution in [2.24, 2.45) is 11.8 Å². The van der Waals surface area contributed by atoms with Crippen molar-refractivity contribution in [1.82, 2.24) is 14.8 Å². The van der Waals surface area contributed by atoms with Crippen LogP contribution in [0.25, 0.3) is 0 Å². The number of carbonyl (C=O) groups excluding carboxylic acids is 2. The topological polar surface area (TPSA) is 53.5 Å². The zero-order chi connectivity index (χ0) is 23.7. The van der Waals surface area contributed by atoms with Gasteiger partial charge in [0.1, 0.15) is 5.82 Å². The maximum Gasteiger partial charge on any atom is 0.255 e. The van der Waals surface area contributed by atoms with Gasteiger partial charge in [0, 0.05) is 43.4 Å². The molecule has 34 heavy (non-hydrogen) atoms. The molecule has 2 amide bonds. The highest BCUT2D eigenvalue weighted by atomic mass is 19.1. The Kier molecular flexibility index (Phi) is 6.66. The second kappa shape index (κ2) is 9.85. The summed E-state index contributed by atoms with van der Waals surface area (Å²) < 4.78 is 13.2. The Morgan fingerprint density at radius 1 is 0.824 bits per heavy atom. The zero-order valence-electron chi connectivity index (χ0n) is 20.0. The van der Waals surface area contributed by atoms with Crippen LogP contribution in [0.15, 0.2) is 36.4 Å². The maximum absolute atomic E-state index is 13.6. The lowest BCUT2D eigenvalue weighted by Gasteiger charge is -2.41. The van der Waals surface area contributed by atoms with Crippen LogP contribution in [-0.4, -0.2) is 52.8 Å². The predicted molar refractivity (Wildman–Crippen MR) is 129 cm³/mol. The molecule has 2 atom stereocenters. The quantitative estimate of drug-likeness (QED) is 0.629. The number of hydrogen-bond donors (Lipinski definition) is 0. The van der Waals surface area contributed by atoms with Crippen LogP contribution in [0.5, 0.6) is 0 Å². The number of nitrogens with zero attached hydrogens (tertiary/aromatic N) is 3. The number of aromatic nitrogens is 1. The van der Waals surface area contributed by atoms with Gasteiger partial charge >= 0.3 is 0 Å². The fraction of sp³-hybridized carbons (Fsp3) is 0.536. The zero-order valence-corrected chi connectivity index (χ0v) is 20.0. The van der Waals surface area contributed by atoms with Gasteiger partial charge < -0.3 is 9.80 Å². The molecule has 0 N–H and O–H groups in total. The van der Waals surface area contributed by atoms with Crippen LogP contribution >= 0.6 is 0 Å². The lowest BCUT2D eigenvalue weighted by molar-refractivity contribution is 0.0517. The van der Waals surface area contributed by atoms with Crippen LogP contribution in [0, 0.1) is 24.6 Å². The normalized spacial score (nSPS) is 23.5. The molecule has 0 spiro atoms. The third-order valence-corrected chi connectivity index (χ3v) is 8.13. The molecular weight excluding hydrogens is 429 g/mol. The number of aryl methyl sites for hydroxylation is 1. The van der Waals surface area contributed by atoms with E-state index in [4.69, 9.17) is 4.98 Å². The second-order valence-corrected chi connectivity index (χ2v) is 10.3. The van der Waals surface area contributed by atoms with Gasteiger partial charge in [-0.25, -0.2) is 4.39 Å². The minimum Gasteiger partial charge on any atom is -0.339 e. The monoisotopic (exact) mass is 463 g/mol. The molecule has 1 aliphatic carbocycles. The predicted octanol–water partition coefficient (Wildman–Crippen LogP) is 5.20. The van der Waals surface area contributed by atoms with E-state index in [0.717, 1.165) is 55.2 Å². The fourth-order valence-corrected chi connectivity index (χ4v) is 6.16. The van der Waals surface area contributed by atoms with Crippen LogP contribution in [0.4, 0.5) is 4.39 Å². The Balaban J connectivity index is 1.28. The molecule has 180 valence electrons. The van der Waals surface area contributed by atoms with Crippen molar-refractivity contribution in [3.8, 4) is 0 Å². The molecule has 3 heterocycles. The van der Waals surface area contributed by atoms with Crippen LogP contribution in [0.2, 0.25) is 0 Å². The first-order chi connectivity index (χ1) is 16.5. The standard InChI is InChI=1S/C28H34FN3O2/c1-19-6-11-25(28(34)32-17-12-20-4-2-3-5-23(20)18-32)26(30-19)21-13-15-31(16-14-21)27(33)22-7-9-24(29)10-8-22/h6-11,20-21,23H,2-5,12-18H2,1H3. The van der Waals surface area contributed by atoms with Crippen molar-refractivity contribution in [3.05, 3.63) is 64.7 Å². The molecule has 6 heteroatoms. The van der Waals surface area contributed by atoms with Crippen LogP contribution in [0.3, 0.4) is 0 Å². The van der Waals surface area contributed by atoms with Crippen molar-refractivity contribution in [2.45, 2.75) is 57.8 Å². The summed E-state index contributed by atoms with van der Waals surface area (Å²) in [6.07, 6.45) is 7.85. The number of rotatable bonds is 3. The molecule has 3 fully saturated rings. The van der Waals surface area contributed by atoms with Crippen molar-refractivity contribution in [1.29, 1.82) is 0 Å². The number of piperidine rings is 2. The molecule has 1 aromatic heterocycles. The fourth-order valence-electron chi connectivity index (χ4n) is 6.16. The lowest BCUT2D eigenvalue weighted by atomic mass is 9.75. The Morgan fingerprint density at radius 2 is 1.50 bits per heavy atom. The van der Waals surface area contributed by atoms with Crippen molar-refractivity contribution in [3.63, 3.8) is 0 Å². The van der Waals surface area contributed by atoms with E-state index in [1.165, 1.54) is 49.9 Å². The summed E-state index contributed by atoms with van der Waals surface area (Å²) >= 11 is 0. The number of benzene rings is 1. The molecule has 5 nitrogen and oxygen atoms in total. The van der Waals surface area contributed by atoms with Gasteiger partial charge in [0.25, 0.3) is 11.8 Å². The van der Waals surface area contributed by atoms with Gasteiger partial charge in [-0.15, -0.1) is 0 Å². The van der Waals surface area contributed by atoms with E-state index >= 15 is 0 Å². The first-order valence-electron chi connectivity index (χ1n) is 12.8. The molecule has 0 bridgehead atoms. The summed E-state index contributed by atoms with van der Waals surface area (Å²) in [7, 11) is 0. The number of likely N-dealkylation sites (tertiary alicyclic amines) is 2. The van der Waals surface area contributed by atoms with Gasteiger partial charge in [-0.1, -0.05) is 19.3 Å². The second-order valence-electron chi connectivity index (χ2n) is 10.3. The number of amides is 2. The van der Waals surface area contributed by atoms with Crippen LogP contribution < -0.4 is 0 Å².